The van der Waals surface area contributed by atoms with E-state index in [2.05, 4.69) is 0 Å². The maximum absolute atomic E-state index is 8.35. The first kappa shape index (κ1) is 9.87. The molecule has 1 rings (SSSR count). The lowest BCUT2D eigenvalue weighted by Gasteiger charge is -1.97. The Morgan fingerprint density at radius 2 is 2.46 bits per heavy atom. The quantitative estimate of drug-likeness (QED) is 0.405. The van der Waals surface area contributed by atoms with E-state index >= 15 is 0 Å². The molecule has 0 saturated carbocycles. The molecule has 1 aromatic rings. The van der Waals surface area contributed by atoms with Crippen molar-refractivity contribution in [3.8, 4) is 5.40 Å². The van der Waals surface area contributed by atoms with Crippen LogP contribution in [0.5, 0.6) is 0 Å². The van der Waals surface area contributed by atoms with Crippen LogP contribution >= 0.6 is 11.8 Å². The molecule has 68 valence electrons. The SMILES string of the molecule is CO[n+]1ccccc1CCSC#N. The third-order valence-corrected chi connectivity index (χ3v) is 2.16. The first-order chi connectivity index (χ1) is 6.38. The molecule has 1 heterocycles. The van der Waals surface area contributed by atoms with Crippen LogP contribution in [-0.2, 0) is 6.42 Å². The van der Waals surface area contributed by atoms with Crippen LogP contribution in [0.4, 0.5) is 0 Å². The van der Waals surface area contributed by atoms with E-state index in [-0.39, 0.29) is 0 Å². The van der Waals surface area contributed by atoms with Crippen molar-refractivity contribution in [3.05, 3.63) is 30.1 Å². The molecule has 1 aromatic heterocycles. The Morgan fingerprint density at radius 1 is 1.62 bits per heavy atom. The number of pyridine rings is 1. The molecule has 0 aliphatic rings. The molecule has 0 aliphatic carbocycles. The summed E-state index contributed by atoms with van der Waals surface area (Å²) in [6.45, 7) is 0. The zero-order valence-corrected chi connectivity index (χ0v) is 8.25. The molecule has 4 heteroatoms. The Morgan fingerprint density at radius 3 is 3.15 bits per heavy atom. The van der Waals surface area contributed by atoms with Crippen LogP contribution < -0.4 is 9.57 Å². The van der Waals surface area contributed by atoms with Gasteiger partial charge in [-0.05, 0) is 17.8 Å². The lowest BCUT2D eigenvalue weighted by Crippen LogP contribution is -2.44. The van der Waals surface area contributed by atoms with Gasteiger partial charge in [-0.15, -0.1) is 0 Å². The number of nitriles is 1. The molecule has 0 aromatic carbocycles. The summed E-state index contributed by atoms with van der Waals surface area (Å²) in [7, 11) is 1.63. The van der Waals surface area contributed by atoms with Crippen molar-refractivity contribution in [2.45, 2.75) is 6.42 Å². The topological polar surface area (TPSA) is 36.9 Å². The van der Waals surface area contributed by atoms with Gasteiger partial charge in [0.05, 0.1) is 0 Å². The predicted molar refractivity (Wildman–Crippen MR) is 50.9 cm³/mol. The van der Waals surface area contributed by atoms with E-state index in [1.807, 2.05) is 29.8 Å². The summed E-state index contributed by atoms with van der Waals surface area (Å²) in [6, 6.07) is 5.85. The van der Waals surface area contributed by atoms with Crippen LogP contribution in [-0.4, -0.2) is 12.9 Å². The van der Waals surface area contributed by atoms with Gasteiger partial charge in [0.2, 0.25) is 11.9 Å². The second-order valence-electron chi connectivity index (χ2n) is 2.39. The maximum Gasteiger partial charge on any atom is 0.235 e. The first-order valence-electron chi connectivity index (χ1n) is 3.93. The average Bonchev–Trinajstić information content (AvgIpc) is 2.19. The third-order valence-electron chi connectivity index (χ3n) is 1.63. The summed E-state index contributed by atoms with van der Waals surface area (Å²) in [4.78, 5) is 5.10. The highest BCUT2D eigenvalue weighted by molar-refractivity contribution is 8.03. The fourth-order valence-electron chi connectivity index (χ4n) is 1.04. The predicted octanol–water partition coefficient (Wildman–Crippen LogP) is 0.789. The van der Waals surface area contributed by atoms with Gasteiger partial charge in [0, 0.05) is 29.0 Å². The molecule has 0 atom stereocenters. The van der Waals surface area contributed by atoms with Gasteiger partial charge in [-0.3, -0.25) is 4.84 Å². The molecule has 0 N–H and O–H groups in total. The molecule has 0 fully saturated rings. The Labute approximate surface area is 81.9 Å². The van der Waals surface area contributed by atoms with E-state index in [0.29, 0.717) is 0 Å². The number of rotatable bonds is 4. The minimum absolute atomic E-state index is 0.796. The lowest BCUT2D eigenvalue weighted by atomic mass is 10.3. The van der Waals surface area contributed by atoms with Gasteiger partial charge in [0.1, 0.15) is 12.5 Å². The fraction of sp³-hybridized carbons (Fsp3) is 0.333. The van der Waals surface area contributed by atoms with Gasteiger partial charge >= 0.3 is 0 Å². The van der Waals surface area contributed by atoms with Crippen LogP contribution in [0.15, 0.2) is 24.4 Å². The first-order valence-corrected chi connectivity index (χ1v) is 4.92. The Hall–Kier alpha value is -1.21. The number of hydrogen-bond acceptors (Lipinski definition) is 3. The molecule has 0 amide bonds. The molecule has 0 unspecified atom stereocenters. The van der Waals surface area contributed by atoms with Crippen molar-refractivity contribution in [1.29, 1.82) is 5.26 Å². The lowest BCUT2D eigenvalue weighted by molar-refractivity contribution is -0.890. The number of nitrogens with zero attached hydrogens (tertiary/aromatic N) is 2. The van der Waals surface area contributed by atoms with Gasteiger partial charge in [0.15, 0.2) is 0 Å². The van der Waals surface area contributed by atoms with Crippen molar-refractivity contribution in [2.24, 2.45) is 0 Å². The normalized spacial score (nSPS) is 9.23. The van der Waals surface area contributed by atoms with Crippen molar-refractivity contribution >= 4 is 11.8 Å². The second kappa shape index (κ2) is 5.44. The molecule has 0 bridgehead atoms. The Bertz CT molecular complexity index is 309. The minimum Gasteiger partial charge on any atom is -0.274 e. The fourth-order valence-corrected chi connectivity index (χ4v) is 1.44. The zero-order chi connectivity index (χ0) is 9.52. The molecular formula is C9H11N2OS+. The number of thiocyanates is 1. The van der Waals surface area contributed by atoms with Crippen LogP contribution in [0.2, 0.25) is 0 Å². The van der Waals surface area contributed by atoms with E-state index in [1.165, 1.54) is 11.8 Å². The van der Waals surface area contributed by atoms with E-state index in [9.17, 15) is 0 Å². The van der Waals surface area contributed by atoms with Crippen LogP contribution in [0.1, 0.15) is 5.69 Å². The minimum atomic E-state index is 0.796. The van der Waals surface area contributed by atoms with Gasteiger partial charge in [-0.1, -0.05) is 0 Å². The summed E-state index contributed by atoms with van der Waals surface area (Å²) in [5.41, 5.74) is 1.08. The summed E-state index contributed by atoms with van der Waals surface area (Å²) in [5.74, 6) is 0.796. The van der Waals surface area contributed by atoms with E-state index in [1.54, 1.807) is 11.8 Å². The van der Waals surface area contributed by atoms with E-state index in [0.717, 1.165) is 17.9 Å². The van der Waals surface area contributed by atoms with Crippen molar-refractivity contribution in [2.75, 3.05) is 12.9 Å². The number of hydrogen-bond donors (Lipinski definition) is 0. The van der Waals surface area contributed by atoms with Crippen LogP contribution in [0.25, 0.3) is 0 Å². The number of aromatic nitrogens is 1. The second-order valence-corrected chi connectivity index (χ2v) is 3.27. The zero-order valence-electron chi connectivity index (χ0n) is 7.43. The Kier molecular flexibility index (Phi) is 4.13. The molecule has 0 aliphatic heterocycles. The van der Waals surface area contributed by atoms with Gasteiger partial charge in [-0.25, -0.2) is 0 Å². The smallest absolute Gasteiger partial charge is 0.235 e. The van der Waals surface area contributed by atoms with Crippen molar-refractivity contribution < 1.29 is 9.57 Å². The third kappa shape index (κ3) is 2.96. The molecular weight excluding hydrogens is 184 g/mol. The Balaban J connectivity index is 2.60. The molecule has 3 nitrogen and oxygen atoms in total. The standard InChI is InChI=1S/C9H11N2OS/c1-12-11-6-3-2-4-9(11)5-7-13-8-10/h2-4,6H,5,7H2,1H3/q+1. The van der Waals surface area contributed by atoms with E-state index in [4.69, 9.17) is 10.1 Å². The van der Waals surface area contributed by atoms with Gasteiger partial charge in [-0.2, -0.15) is 5.26 Å². The maximum atomic E-state index is 8.35. The highest BCUT2D eigenvalue weighted by atomic mass is 32.2. The largest absolute Gasteiger partial charge is 0.274 e. The summed E-state index contributed by atoms with van der Waals surface area (Å²) < 4.78 is 1.71. The number of aryl methyl sites for hydroxylation is 1. The van der Waals surface area contributed by atoms with Crippen LogP contribution in [0, 0.1) is 10.7 Å². The molecule has 0 saturated heterocycles. The summed E-state index contributed by atoms with van der Waals surface area (Å²) >= 11 is 1.26. The van der Waals surface area contributed by atoms with Crippen molar-refractivity contribution in [3.63, 3.8) is 0 Å². The highest BCUT2D eigenvalue weighted by Crippen LogP contribution is 2.00. The summed E-state index contributed by atoms with van der Waals surface area (Å²) in [5, 5.41) is 10.4. The van der Waals surface area contributed by atoms with Crippen LogP contribution in [0.3, 0.4) is 0 Å². The highest BCUT2D eigenvalue weighted by Gasteiger charge is 2.08. The van der Waals surface area contributed by atoms with Gasteiger partial charge in [0.25, 0.3) is 0 Å². The molecule has 0 spiro atoms. The van der Waals surface area contributed by atoms with E-state index < -0.39 is 0 Å². The van der Waals surface area contributed by atoms with Crippen molar-refractivity contribution in [1.82, 2.24) is 0 Å². The van der Waals surface area contributed by atoms with Gasteiger partial charge < -0.3 is 0 Å². The summed E-state index contributed by atoms with van der Waals surface area (Å²) in [6.07, 6.45) is 2.69. The molecule has 0 radical (unpaired) electrons. The molecule has 13 heavy (non-hydrogen) atoms. The monoisotopic (exact) mass is 195 g/mol. The average molecular weight is 195 g/mol. The number of thioether (sulfide) groups is 1.